The predicted molar refractivity (Wildman–Crippen MR) is 53.4 cm³/mol. The second-order valence-electron chi connectivity index (χ2n) is 4.23. The third kappa shape index (κ3) is 1.20. The molecule has 1 saturated heterocycles. The first-order valence-electron chi connectivity index (χ1n) is 5.03. The Labute approximate surface area is 82.8 Å². The molecule has 2 fully saturated rings. The van der Waals surface area contributed by atoms with Crippen LogP contribution >= 0.6 is 0 Å². The van der Waals surface area contributed by atoms with Crippen LogP contribution in [0.1, 0.15) is 16.8 Å². The van der Waals surface area contributed by atoms with Crippen molar-refractivity contribution in [3.05, 3.63) is 23.9 Å². The minimum atomic E-state index is 0.651. The summed E-state index contributed by atoms with van der Waals surface area (Å²) >= 11 is 0. The number of fused-ring (bicyclic) bond motifs is 1. The zero-order valence-electron chi connectivity index (χ0n) is 7.89. The van der Waals surface area contributed by atoms with Crippen molar-refractivity contribution in [2.45, 2.75) is 6.42 Å². The number of rotatable bonds is 2. The van der Waals surface area contributed by atoms with Crippen molar-refractivity contribution < 1.29 is 4.79 Å². The Morgan fingerprint density at radius 3 is 2.71 bits per heavy atom. The number of anilines is 1. The number of hydrogen-bond acceptors (Lipinski definition) is 3. The van der Waals surface area contributed by atoms with Gasteiger partial charge in [0, 0.05) is 24.8 Å². The average Bonchev–Trinajstić information content (AvgIpc) is 2.86. The summed E-state index contributed by atoms with van der Waals surface area (Å²) in [5, 5.41) is 0. The fourth-order valence-corrected chi connectivity index (χ4v) is 2.24. The summed E-state index contributed by atoms with van der Waals surface area (Å²) in [4.78, 5) is 17.0. The van der Waals surface area contributed by atoms with E-state index in [9.17, 15) is 4.79 Å². The first-order chi connectivity index (χ1) is 6.86. The molecule has 0 aromatic carbocycles. The quantitative estimate of drug-likeness (QED) is 0.657. The lowest BCUT2D eigenvalue weighted by Gasteiger charge is -2.18. The highest BCUT2D eigenvalue weighted by atomic mass is 16.1. The molecule has 0 spiro atoms. The summed E-state index contributed by atoms with van der Waals surface area (Å²) in [7, 11) is 0. The lowest BCUT2D eigenvalue weighted by molar-refractivity contribution is 0.112. The van der Waals surface area contributed by atoms with Gasteiger partial charge < -0.3 is 4.90 Å². The van der Waals surface area contributed by atoms with E-state index < -0.39 is 0 Å². The molecule has 1 aliphatic heterocycles. The maximum absolute atomic E-state index is 10.4. The number of carbonyl (C=O) groups excluding carboxylic acids is 1. The molecule has 1 aliphatic carbocycles. The number of aldehydes is 1. The first-order valence-corrected chi connectivity index (χ1v) is 5.03. The fraction of sp³-hybridized carbons (Fsp3) is 0.455. The summed E-state index contributed by atoms with van der Waals surface area (Å²) in [5.74, 6) is 2.85. The molecule has 2 atom stereocenters. The topological polar surface area (TPSA) is 33.2 Å². The minimum Gasteiger partial charge on any atom is -0.356 e. The number of pyridine rings is 1. The van der Waals surface area contributed by atoms with Crippen molar-refractivity contribution in [3.8, 4) is 0 Å². The largest absolute Gasteiger partial charge is 0.356 e. The van der Waals surface area contributed by atoms with Gasteiger partial charge in [0.15, 0.2) is 6.29 Å². The van der Waals surface area contributed by atoms with Crippen LogP contribution in [0.4, 0.5) is 5.82 Å². The molecule has 2 aliphatic rings. The van der Waals surface area contributed by atoms with Crippen LogP contribution in [0.25, 0.3) is 0 Å². The molecule has 72 valence electrons. The molecule has 2 heterocycles. The van der Waals surface area contributed by atoms with Gasteiger partial charge in [-0.2, -0.15) is 0 Å². The number of hydrogen-bond donors (Lipinski definition) is 0. The highest BCUT2D eigenvalue weighted by Gasteiger charge is 2.45. The van der Waals surface area contributed by atoms with Crippen molar-refractivity contribution in [2.24, 2.45) is 11.8 Å². The van der Waals surface area contributed by atoms with E-state index in [-0.39, 0.29) is 0 Å². The summed E-state index contributed by atoms with van der Waals surface area (Å²) in [6.07, 6.45) is 3.88. The van der Waals surface area contributed by atoms with Gasteiger partial charge in [0.2, 0.25) is 0 Å². The normalized spacial score (nSPS) is 28.7. The van der Waals surface area contributed by atoms with Gasteiger partial charge in [0.1, 0.15) is 5.82 Å². The molecular formula is C11H12N2O. The Morgan fingerprint density at radius 1 is 1.36 bits per heavy atom. The molecule has 1 aromatic heterocycles. The van der Waals surface area contributed by atoms with Crippen molar-refractivity contribution in [1.82, 2.24) is 4.98 Å². The number of nitrogens with zero attached hydrogens (tertiary/aromatic N) is 2. The average molecular weight is 188 g/mol. The maximum atomic E-state index is 10.4. The molecule has 3 rings (SSSR count). The molecular weight excluding hydrogens is 176 g/mol. The van der Waals surface area contributed by atoms with Gasteiger partial charge in [-0.1, -0.05) is 0 Å². The zero-order chi connectivity index (χ0) is 9.54. The Hall–Kier alpha value is -1.38. The summed E-state index contributed by atoms with van der Waals surface area (Å²) in [5.41, 5.74) is 0.651. The highest BCUT2D eigenvalue weighted by molar-refractivity contribution is 5.74. The van der Waals surface area contributed by atoms with Crippen LogP contribution < -0.4 is 4.90 Å². The van der Waals surface area contributed by atoms with Gasteiger partial charge >= 0.3 is 0 Å². The Kier molecular flexibility index (Phi) is 1.60. The van der Waals surface area contributed by atoms with Crippen LogP contribution in [0.3, 0.4) is 0 Å². The Balaban J connectivity index is 1.79. The van der Waals surface area contributed by atoms with E-state index >= 15 is 0 Å². The van der Waals surface area contributed by atoms with Crippen LogP contribution in [0, 0.1) is 11.8 Å². The maximum Gasteiger partial charge on any atom is 0.151 e. The van der Waals surface area contributed by atoms with Gasteiger partial charge in [0.05, 0.1) is 0 Å². The van der Waals surface area contributed by atoms with Gasteiger partial charge in [0.25, 0.3) is 0 Å². The molecule has 0 N–H and O–H groups in total. The van der Waals surface area contributed by atoms with Crippen molar-refractivity contribution in [1.29, 1.82) is 0 Å². The van der Waals surface area contributed by atoms with E-state index in [1.807, 2.05) is 12.1 Å². The molecule has 0 amide bonds. The predicted octanol–water partition coefficient (Wildman–Crippen LogP) is 1.35. The van der Waals surface area contributed by atoms with Crippen molar-refractivity contribution in [2.75, 3.05) is 18.0 Å². The molecule has 3 nitrogen and oxygen atoms in total. The fourth-order valence-electron chi connectivity index (χ4n) is 2.24. The monoisotopic (exact) mass is 188 g/mol. The van der Waals surface area contributed by atoms with Gasteiger partial charge in [-0.3, -0.25) is 4.79 Å². The van der Waals surface area contributed by atoms with E-state index in [1.54, 1.807) is 6.20 Å². The molecule has 1 saturated carbocycles. The SMILES string of the molecule is O=Cc1ccc(N2CC3CC3C2)nc1. The molecule has 0 radical (unpaired) electrons. The van der Waals surface area contributed by atoms with Gasteiger partial charge in [-0.05, 0) is 30.4 Å². The lowest BCUT2D eigenvalue weighted by atomic mass is 10.3. The first kappa shape index (κ1) is 7.97. The van der Waals surface area contributed by atoms with Gasteiger partial charge in [-0.15, -0.1) is 0 Å². The van der Waals surface area contributed by atoms with E-state index in [2.05, 4.69) is 9.88 Å². The van der Waals surface area contributed by atoms with E-state index in [0.29, 0.717) is 5.56 Å². The smallest absolute Gasteiger partial charge is 0.151 e. The molecule has 14 heavy (non-hydrogen) atoms. The minimum absolute atomic E-state index is 0.651. The van der Waals surface area contributed by atoms with Crippen LogP contribution in [0.5, 0.6) is 0 Å². The second kappa shape index (κ2) is 2.80. The molecule has 2 unspecified atom stereocenters. The summed E-state index contributed by atoms with van der Waals surface area (Å²) in [6.45, 7) is 2.30. The molecule has 1 aromatic rings. The number of piperidine rings is 1. The highest BCUT2D eigenvalue weighted by Crippen LogP contribution is 2.45. The summed E-state index contributed by atoms with van der Waals surface area (Å²) in [6, 6.07) is 3.77. The van der Waals surface area contributed by atoms with Crippen LogP contribution in [0.2, 0.25) is 0 Å². The van der Waals surface area contributed by atoms with E-state index in [0.717, 1.165) is 37.0 Å². The lowest BCUT2D eigenvalue weighted by Crippen LogP contribution is -2.22. The molecule has 0 bridgehead atoms. The van der Waals surface area contributed by atoms with Crippen molar-refractivity contribution >= 4 is 12.1 Å². The third-order valence-corrected chi connectivity index (χ3v) is 3.21. The zero-order valence-corrected chi connectivity index (χ0v) is 7.89. The second-order valence-corrected chi connectivity index (χ2v) is 4.23. The molecule has 3 heteroatoms. The number of aromatic nitrogens is 1. The third-order valence-electron chi connectivity index (χ3n) is 3.21. The van der Waals surface area contributed by atoms with Gasteiger partial charge in [-0.25, -0.2) is 4.98 Å². The van der Waals surface area contributed by atoms with Crippen molar-refractivity contribution in [3.63, 3.8) is 0 Å². The Bertz CT molecular complexity index is 350. The van der Waals surface area contributed by atoms with Crippen LogP contribution in [-0.4, -0.2) is 24.4 Å². The standard InChI is InChI=1S/C11H12N2O/c14-7-8-1-2-11(12-4-8)13-5-9-3-10(9)6-13/h1-2,4,7,9-10H,3,5-6H2. The van der Waals surface area contributed by atoms with Crippen LogP contribution in [-0.2, 0) is 0 Å². The summed E-state index contributed by atoms with van der Waals surface area (Å²) < 4.78 is 0. The Morgan fingerprint density at radius 2 is 2.14 bits per heavy atom. The van der Waals surface area contributed by atoms with E-state index in [1.165, 1.54) is 6.42 Å². The van der Waals surface area contributed by atoms with Crippen LogP contribution in [0.15, 0.2) is 18.3 Å². The van der Waals surface area contributed by atoms with E-state index in [4.69, 9.17) is 0 Å². The number of carbonyl (C=O) groups is 1.